The van der Waals surface area contributed by atoms with Crippen molar-refractivity contribution in [3.05, 3.63) is 42.5 Å². The topological polar surface area (TPSA) is 108 Å². The summed E-state index contributed by atoms with van der Waals surface area (Å²) in [4.78, 5) is 24.1. The quantitative estimate of drug-likeness (QED) is 0.364. The van der Waals surface area contributed by atoms with Crippen LogP contribution in [0.3, 0.4) is 0 Å². The first kappa shape index (κ1) is 22.5. The predicted octanol–water partition coefficient (Wildman–Crippen LogP) is 1.51. The number of amides is 1. The molecule has 158 valence electrons. The van der Waals surface area contributed by atoms with E-state index in [0.29, 0.717) is 30.1 Å². The van der Waals surface area contributed by atoms with E-state index < -0.39 is 33.9 Å². The second kappa shape index (κ2) is 10.1. The Morgan fingerprint density at radius 2 is 2.10 bits per heavy atom. The summed E-state index contributed by atoms with van der Waals surface area (Å²) in [7, 11) is -1.59. The SMILES string of the molecule is C=CCOc1ccc(/C=C/C(=O)O[C@H](C)C(=O)N[C@H]2CCS(=O)(=O)C2)cc1OC. The molecule has 1 aliphatic rings. The molecule has 8 nitrogen and oxygen atoms in total. The van der Waals surface area contributed by atoms with Crippen molar-refractivity contribution in [3.63, 3.8) is 0 Å². The van der Waals surface area contributed by atoms with E-state index in [4.69, 9.17) is 14.2 Å². The van der Waals surface area contributed by atoms with Crippen LogP contribution in [0.2, 0.25) is 0 Å². The lowest BCUT2D eigenvalue weighted by Crippen LogP contribution is -2.42. The summed E-state index contributed by atoms with van der Waals surface area (Å²) in [6.45, 7) is 5.35. The maximum Gasteiger partial charge on any atom is 0.331 e. The monoisotopic (exact) mass is 423 g/mol. The fourth-order valence-corrected chi connectivity index (χ4v) is 4.39. The first-order chi connectivity index (χ1) is 13.7. The van der Waals surface area contributed by atoms with Gasteiger partial charge in [-0.3, -0.25) is 4.79 Å². The molecule has 0 unspecified atom stereocenters. The minimum Gasteiger partial charge on any atom is -0.493 e. The Morgan fingerprint density at radius 3 is 2.72 bits per heavy atom. The summed E-state index contributed by atoms with van der Waals surface area (Å²) < 4.78 is 38.7. The largest absolute Gasteiger partial charge is 0.493 e. The van der Waals surface area contributed by atoms with Crippen molar-refractivity contribution in [2.24, 2.45) is 0 Å². The lowest BCUT2D eigenvalue weighted by atomic mass is 10.2. The standard InChI is InChI=1S/C20H25NO7S/c1-4-10-27-17-7-5-15(12-18(17)26-3)6-8-19(22)28-14(2)20(23)21-16-9-11-29(24,25)13-16/h4-8,12,14,16H,1,9-11,13H2,2-3H3,(H,21,23)/b8-6+/t14-,16+/m1/s1. The van der Waals surface area contributed by atoms with Gasteiger partial charge in [-0.1, -0.05) is 18.7 Å². The highest BCUT2D eigenvalue weighted by molar-refractivity contribution is 7.91. The molecular weight excluding hydrogens is 398 g/mol. The number of carbonyl (C=O) groups is 2. The Balaban J connectivity index is 1.89. The number of hydrogen-bond donors (Lipinski definition) is 1. The molecule has 1 N–H and O–H groups in total. The van der Waals surface area contributed by atoms with Crippen LogP contribution in [0.1, 0.15) is 18.9 Å². The van der Waals surface area contributed by atoms with Crippen molar-refractivity contribution in [1.29, 1.82) is 0 Å². The summed E-state index contributed by atoms with van der Waals surface area (Å²) in [5.74, 6) is -0.214. The summed E-state index contributed by atoms with van der Waals surface area (Å²) in [6.07, 6.45) is 3.66. The van der Waals surface area contributed by atoms with Gasteiger partial charge in [0.05, 0.1) is 18.6 Å². The van der Waals surface area contributed by atoms with Gasteiger partial charge in [-0.05, 0) is 37.1 Å². The third-order valence-electron chi connectivity index (χ3n) is 4.20. The zero-order valence-electron chi connectivity index (χ0n) is 16.4. The Morgan fingerprint density at radius 1 is 1.34 bits per heavy atom. The van der Waals surface area contributed by atoms with Crippen molar-refractivity contribution >= 4 is 27.8 Å². The molecule has 0 bridgehead atoms. The Bertz CT molecular complexity index is 892. The van der Waals surface area contributed by atoms with Crippen molar-refractivity contribution < 1.29 is 32.2 Å². The van der Waals surface area contributed by atoms with Gasteiger partial charge >= 0.3 is 5.97 Å². The van der Waals surface area contributed by atoms with Crippen LogP contribution < -0.4 is 14.8 Å². The summed E-state index contributed by atoms with van der Waals surface area (Å²) in [6, 6.07) is 4.69. The number of benzene rings is 1. The van der Waals surface area contributed by atoms with E-state index >= 15 is 0 Å². The van der Waals surface area contributed by atoms with Crippen LogP contribution in [0.25, 0.3) is 6.08 Å². The highest BCUT2D eigenvalue weighted by Gasteiger charge is 2.30. The zero-order valence-corrected chi connectivity index (χ0v) is 17.2. The zero-order chi connectivity index (χ0) is 21.4. The van der Waals surface area contributed by atoms with Crippen molar-refractivity contribution in [3.8, 4) is 11.5 Å². The minimum absolute atomic E-state index is 0.0513. The van der Waals surface area contributed by atoms with Gasteiger partial charge in [-0.2, -0.15) is 0 Å². The summed E-state index contributed by atoms with van der Waals surface area (Å²) >= 11 is 0. The van der Waals surface area contributed by atoms with Crippen molar-refractivity contribution in [2.45, 2.75) is 25.5 Å². The number of esters is 1. The van der Waals surface area contributed by atoms with Crippen LogP contribution in [0.4, 0.5) is 0 Å². The van der Waals surface area contributed by atoms with E-state index in [1.165, 1.54) is 26.2 Å². The maximum atomic E-state index is 12.1. The molecule has 1 aromatic rings. The van der Waals surface area contributed by atoms with E-state index in [1.807, 2.05) is 0 Å². The number of hydrogen-bond acceptors (Lipinski definition) is 7. The average Bonchev–Trinajstić information content (AvgIpc) is 3.03. The molecule has 0 spiro atoms. The smallest absolute Gasteiger partial charge is 0.331 e. The number of ether oxygens (including phenoxy) is 3. The summed E-state index contributed by atoms with van der Waals surface area (Å²) in [5.41, 5.74) is 0.679. The third-order valence-corrected chi connectivity index (χ3v) is 5.97. The molecule has 9 heteroatoms. The number of methoxy groups -OCH3 is 1. The normalized spacial score (nSPS) is 18.8. The van der Waals surface area contributed by atoms with Crippen LogP contribution in [-0.4, -0.2) is 57.7 Å². The molecule has 2 atom stereocenters. The summed E-state index contributed by atoms with van der Waals surface area (Å²) in [5, 5.41) is 2.59. The first-order valence-electron chi connectivity index (χ1n) is 9.05. The fraction of sp³-hybridized carbons (Fsp3) is 0.400. The van der Waals surface area contributed by atoms with Gasteiger partial charge in [-0.15, -0.1) is 0 Å². The minimum atomic E-state index is -3.10. The Kier molecular flexibility index (Phi) is 7.83. The van der Waals surface area contributed by atoms with Gasteiger partial charge in [0.15, 0.2) is 27.4 Å². The molecule has 1 heterocycles. The third kappa shape index (κ3) is 6.94. The molecule has 1 fully saturated rings. The van der Waals surface area contributed by atoms with Gasteiger partial charge in [0, 0.05) is 12.1 Å². The van der Waals surface area contributed by atoms with Gasteiger partial charge in [0.1, 0.15) is 6.61 Å². The van der Waals surface area contributed by atoms with Crippen LogP contribution in [0.15, 0.2) is 36.9 Å². The molecule has 0 aliphatic carbocycles. The number of sulfone groups is 1. The van der Waals surface area contributed by atoms with Gasteiger partial charge in [0.25, 0.3) is 5.91 Å². The average molecular weight is 423 g/mol. The second-order valence-corrected chi connectivity index (χ2v) is 8.76. The van der Waals surface area contributed by atoms with Crippen LogP contribution in [0, 0.1) is 0 Å². The molecule has 0 aromatic heterocycles. The Labute approximate surface area is 170 Å². The molecule has 1 aliphatic heterocycles. The Hall–Kier alpha value is -2.81. The van der Waals surface area contributed by atoms with E-state index in [2.05, 4.69) is 11.9 Å². The maximum absolute atomic E-state index is 12.1. The first-order valence-corrected chi connectivity index (χ1v) is 10.9. The van der Waals surface area contributed by atoms with E-state index in [-0.39, 0.29) is 11.5 Å². The second-order valence-electron chi connectivity index (χ2n) is 6.53. The van der Waals surface area contributed by atoms with Crippen molar-refractivity contribution in [2.75, 3.05) is 25.2 Å². The van der Waals surface area contributed by atoms with Gasteiger partial charge in [0.2, 0.25) is 0 Å². The molecule has 29 heavy (non-hydrogen) atoms. The molecule has 2 rings (SSSR count). The van der Waals surface area contributed by atoms with Crippen LogP contribution >= 0.6 is 0 Å². The van der Waals surface area contributed by atoms with Gasteiger partial charge in [-0.25, -0.2) is 13.2 Å². The molecule has 1 saturated heterocycles. The van der Waals surface area contributed by atoms with E-state index in [0.717, 1.165) is 0 Å². The van der Waals surface area contributed by atoms with E-state index in [1.54, 1.807) is 24.3 Å². The molecule has 1 amide bonds. The lowest BCUT2D eigenvalue weighted by molar-refractivity contribution is -0.150. The molecular formula is C20H25NO7S. The van der Waals surface area contributed by atoms with E-state index in [9.17, 15) is 18.0 Å². The molecule has 0 saturated carbocycles. The van der Waals surface area contributed by atoms with Gasteiger partial charge < -0.3 is 19.5 Å². The number of rotatable bonds is 9. The highest BCUT2D eigenvalue weighted by Crippen LogP contribution is 2.28. The van der Waals surface area contributed by atoms with Crippen molar-refractivity contribution in [1.82, 2.24) is 5.32 Å². The number of nitrogens with one attached hydrogen (secondary N) is 1. The molecule has 0 radical (unpaired) electrons. The van der Waals surface area contributed by atoms with Crippen LogP contribution in [0.5, 0.6) is 11.5 Å². The highest BCUT2D eigenvalue weighted by atomic mass is 32.2. The number of carbonyl (C=O) groups excluding carboxylic acids is 2. The fourth-order valence-electron chi connectivity index (χ4n) is 2.71. The lowest BCUT2D eigenvalue weighted by Gasteiger charge is -2.15. The predicted molar refractivity (Wildman–Crippen MR) is 108 cm³/mol. The molecule has 1 aromatic carbocycles. The van der Waals surface area contributed by atoms with Crippen LogP contribution in [-0.2, 0) is 24.2 Å².